The summed E-state index contributed by atoms with van der Waals surface area (Å²) >= 11 is 6.47. The molecule has 0 saturated carbocycles. The lowest BCUT2D eigenvalue weighted by atomic mass is 10.1. The third kappa shape index (κ3) is 2.93. The number of hydrogen-bond acceptors (Lipinski definition) is 4. The second-order valence-electron chi connectivity index (χ2n) is 4.53. The van der Waals surface area contributed by atoms with E-state index in [1.165, 1.54) is 0 Å². The predicted octanol–water partition coefficient (Wildman–Crippen LogP) is 3.20. The van der Waals surface area contributed by atoms with Crippen LogP contribution >= 0.6 is 11.6 Å². The van der Waals surface area contributed by atoms with Gasteiger partial charge in [0.1, 0.15) is 11.4 Å². The van der Waals surface area contributed by atoms with E-state index in [9.17, 15) is 4.79 Å². The highest BCUT2D eigenvalue weighted by Crippen LogP contribution is 2.31. The molecule has 6 heteroatoms. The number of pyridine rings is 2. The standard InChI is InChI=1S/C15H19ClN4O/c1-4-17-14-11(15(21)20(5-2)6-3)12(16)10-8-7-9-18-13(10)19-14/h7-9H,4-6H2,1-3H3,(H,17,18,19). The number of hydrogen-bond donors (Lipinski definition) is 1. The molecule has 2 aromatic rings. The molecule has 0 saturated heterocycles. The topological polar surface area (TPSA) is 58.1 Å². The molecule has 0 spiro atoms. The third-order valence-corrected chi connectivity index (χ3v) is 3.70. The first kappa shape index (κ1) is 15.5. The van der Waals surface area contributed by atoms with E-state index in [1.807, 2.05) is 26.8 Å². The van der Waals surface area contributed by atoms with Crippen molar-refractivity contribution in [2.45, 2.75) is 20.8 Å². The first-order chi connectivity index (χ1) is 10.1. The zero-order valence-corrected chi connectivity index (χ0v) is 13.2. The van der Waals surface area contributed by atoms with Crippen molar-refractivity contribution in [1.82, 2.24) is 14.9 Å². The molecule has 1 amide bonds. The molecule has 0 radical (unpaired) electrons. The number of nitrogens with zero attached hydrogens (tertiary/aromatic N) is 3. The summed E-state index contributed by atoms with van der Waals surface area (Å²) in [5, 5.41) is 4.20. The van der Waals surface area contributed by atoms with Gasteiger partial charge in [-0.25, -0.2) is 9.97 Å². The first-order valence-corrected chi connectivity index (χ1v) is 7.49. The Morgan fingerprint density at radius 2 is 2.05 bits per heavy atom. The first-order valence-electron chi connectivity index (χ1n) is 7.11. The summed E-state index contributed by atoms with van der Waals surface area (Å²) in [5.74, 6) is 0.379. The Morgan fingerprint density at radius 3 is 2.67 bits per heavy atom. The highest BCUT2D eigenvalue weighted by atomic mass is 35.5. The predicted molar refractivity (Wildman–Crippen MR) is 86.0 cm³/mol. The summed E-state index contributed by atoms with van der Waals surface area (Å²) in [6.07, 6.45) is 1.66. The van der Waals surface area contributed by atoms with Crippen molar-refractivity contribution in [1.29, 1.82) is 0 Å². The number of amides is 1. The molecule has 2 aromatic heterocycles. The fourth-order valence-corrected chi connectivity index (χ4v) is 2.54. The van der Waals surface area contributed by atoms with Crippen LogP contribution in [0.2, 0.25) is 5.02 Å². The molecule has 2 heterocycles. The van der Waals surface area contributed by atoms with Gasteiger partial charge in [-0.15, -0.1) is 0 Å². The summed E-state index contributed by atoms with van der Waals surface area (Å²) in [5.41, 5.74) is 0.956. The summed E-state index contributed by atoms with van der Waals surface area (Å²) in [6, 6.07) is 3.61. The van der Waals surface area contributed by atoms with Crippen molar-refractivity contribution in [2.24, 2.45) is 0 Å². The zero-order chi connectivity index (χ0) is 15.4. The maximum Gasteiger partial charge on any atom is 0.259 e. The minimum Gasteiger partial charge on any atom is -0.370 e. The molecule has 1 N–H and O–H groups in total. The normalized spacial score (nSPS) is 10.7. The van der Waals surface area contributed by atoms with E-state index in [2.05, 4.69) is 15.3 Å². The lowest BCUT2D eigenvalue weighted by molar-refractivity contribution is 0.0774. The van der Waals surface area contributed by atoms with Crippen LogP contribution in [0.1, 0.15) is 31.1 Å². The van der Waals surface area contributed by atoms with E-state index in [0.29, 0.717) is 47.1 Å². The number of halogens is 1. The van der Waals surface area contributed by atoms with Gasteiger partial charge in [0.05, 0.1) is 5.02 Å². The lowest BCUT2D eigenvalue weighted by Gasteiger charge is -2.21. The maximum absolute atomic E-state index is 12.7. The van der Waals surface area contributed by atoms with Gasteiger partial charge in [-0.1, -0.05) is 11.6 Å². The number of fused-ring (bicyclic) bond motifs is 1. The molecule has 0 aliphatic rings. The van der Waals surface area contributed by atoms with Crippen molar-refractivity contribution < 1.29 is 4.79 Å². The monoisotopic (exact) mass is 306 g/mol. The second kappa shape index (κ2) is 6.72. The van der Waals surface area contributed by atoms with Crippen LogP contribution in [0.4, 0.5) is 5.82 Å². The smallest absolute Gasteiger partial charge is 0.259 e. The molecule has 0 fully saturated rings. The van der Waals surface area contributed by atoms with E-state index >= 15 is 0 Å². The van der Waals surface area contributed by atoms with Gasteiger partial charge in [0.15, 0.2) is 5.65 Å². The molecule has 0 atom stereocenters. The molecule has 5 nitrogen and oxygen atoms in total. The molecule has 112 valence electrons. The number of carbonyl (C=O) groups excluding carboxylic acids is 1. The number of rotatable bonds is 5. The molecule has 0 aromatic carbocycles. The Kier molecular flexibility index (Phi) is 4.96. The van der Waals surface area contributed by atoms with Crippen LogP contribution in [-0.4, -0.2) is 40.4 Å². The van der Waals surface area contributed by atoms with Gasteiger partial charge in [0.2, 0.25) is 0 Å². The Morgan fingerprint density at radius 1 is 1.33 bits per heavy atom. The average Bonchev–Trinajstić information content (AvgIpc) is 2.49. The van der Waals surface area contributed by atoms with Gasteiger partial charge < -0.3 is 10.2 Å². The van der Waals surface area contributed by atoms with Gasteiger partial charge in [-0.05, 0) is 32.9 Å². The van der Waals surface area contributed by atoms with Gasteiger partial charge in [-0.3, -0.25) is 4.79 Å². The summed E-state index contributed by atoms with van der Waals surface area (Å²) in [6.45, 7) is 7.74. The number of aromatic nitrogens is 2. The fraction of sp³-hybridized carbons (Fsp3) is 0.400. The molecule has 2 rings (SSSR count). The summed E-state index contributed by atoms with van der Waals surface area (Å²) in [4.78, 5) is 23.1. The van der Waals surface area contributed by atoms with Crippen LogP contribution in [0.15, 0.2) is 18.3 Å². The van der Waals surface area contributed by atoms with Crippen molar-refractivity contribution in [3.63, 3.8) is 0 Å². The largest absolute Gasteiger partial charge is 0.370 e. The zero-order valence-electron chi connectivity index (χ0n) is 12.5. The van der Waals surface area contributed by atoms with Crippen LogP contribution in [0, 0.1) is 0 Å². The van der Waals surface area contributed by atoms with Gasteiger partial charge in [0.25, 0.3) is 5.91 Å². The molecule has 0 bridgehead atoms. The minimum absolute atomic E-state index is 0.112. The Hall–Kier alpha value is -1.88. The number of nitrogens with one attached hydrogen (secondary N) is 1. The van der Waals surface area contributed by atoms with Gasteiger partial charge >= 0.3 is 0 Å². The number of carbonyl (C=O) groups is 1. The highest BCUT2D eigenvalue weighted by molar-refractivity contribution is 6.39. The molecule has 0 unspecified atom stereocenters. The van der Waals surface area contributed by atoms with Gasteiger partial charge in [-0.2, -0.15) is 0 Å². The van der Waals surface area contributed by atoms with E-state index in [0.717, 1.165) is 0 Å². The highest BCUT2D eigenvalue weighted by Gasteiger charge is 2.23. The molecular weight excluding hydrogens is 288 g/mol. The van der Waals surface area contributed by atoms with Crippen molar-refractivity contribution >= 4 is 34.4 Å². The molecule has 0 aliphatic heterocycles. The molecule has 0 aliphatic carbocycles. The van der Waals surface area contributed by atoms with E-state index in [4.69, 9.17) is 11.6 Å². The van der Waals surface area contributed by atoms with Crippen molar-refractivity contribution in [2.75, 3.05) is 25.0 Å². The molecule has 21 heavy (non-hydrogen) atoms. The van der Waals surface area contributed by atoms with E-state index in [-0.39, 0.29) is 5.91 Å². The fourth-order valence-electron chi connectivity index (χ4n) is 2.22. The lowest BCUT2D eigenvalue weighted by Crippen LogP contribution is -2.31. The molecular formula is C15H19ClN4O. The Balaban J connectivity index is 2.66. The summed E-state index contributed by atoms with van der Waals surface area (Å²) < 4.78 is 0. The number of anilines is 1. The summed E-state index contributed by atoms with van der Waals surface area (Å²) in [7, 11) is 0. The quantitative estimate of drug-likeness (QED) is 0.921. The van der Waals surface area contributed by atoms with E-state index < -0.39 is 0 Å². The van der Waals surface area contributed by atoms with Crippen LogP contribution in [0.5, 0.6) is 0 Å². The van der Waals surface area contributed by atoms with Crippen LogP contribution in [-0.2, 0) is 0 Å². The van der Waals surface area contributed by atoms with E-state index in [1.54, 1.807) is 17.2 Å². The van der Waals surface area contributed by atoms with Crippen molar-refractivity contribution in [3.8, 4) is 0 Å². The Labute approximate surface area is 129 Å². The SMILES string of the molecule is CCNc1nc2ncccc2c(Cl)c1C(=O)N(CC)CC. The second-order valence-corrected chi connectivity index (χ2v) is 4.91. The van der Waals surface area contributed by atoms with Gasteiger partial charge in [0, 0.05) is 31.2 Å². The van der Waals surface area contributed by atoms with Crippen LogP contribution < -0.4 is 5.32 Å². The van der Waals surface area contributed by atoms with Crippen LogP contribution in [0.3, 0.4) is 0 Å². The van der Waals surface area contributed by atoms with Crippen LogP contribution in [0.25, 0.3) is 11.0 Å². The van der Waals surface area contributed by atoms with Crippen molar-refractivity contribution in [3.05, 3.63) is 28.9 Å². The maximum atomic E-state index is 12.7. The third-order valence-electron chi connectivity index (χ3n) is 3.31. The average molecular weight is 307 g/mol. The minimum atomic E-state index is -0.112. The Bertz CT molecular complexity index is 655.